The third-order valence-corrected chi connectivity index (χ3v) is 6.17. The Balaban J connectivity index is 1.38. The first-order chi connectivity index (χ1) is 14.2. The SMILES string of the molecule is CCC1CCCCN1C(=O)c1cnc(N2CCN(c3cccc(C)c3)CC2)nc1. The van der Waals surface area contributed by atoms with Gasteiger partial charge in [-0.15, -0.1) is 0 Å². The van der Waals surface area contributed by atoms with E-state index in [4.69, 9.17) is 0 Å². The molecule has 29 heavy (non-hydrogen) atoms. The highest BCUT2D eigenvalue weighted by atomic mass is 16.2. The molecule has 2 fully saturated rings. The number of nitrogens with zero attached hydrogens (tertiary/aromatic N) is 5. The molecule has 0 aliphatic carbocycles. The summed E-state index contributed by atoms with van der Waals surface area (Å²) in [6, 6.07) is 9.00. The average Bonchev–Trinajstić information content (AvgIpc) is 2.79. The molecule has 6 nitrogen and oxygen atoms in total. The van der Waals surface area contributed by atoms with E-state index in [0.29, 0.717) is 11.6 Å². The summed E-state index contributed by atoms with van der Waals surface area (Å²) in [5, 5.41) is 0. The van der Waals surface area contributed by atoms with Gasteiger partial charge in [0.1, 0.15) is 0 Å². The molecule has 3 heterocycles. The zero-order valence-corrected chi connectivity index (χ0v) is 17.5. The van der Waals surface area contributed by atoms with Gasteiger partial charge in [0, 0.05) is 56.8 Å². The van der Waals surface area contributed by atoms with Crippen LogP contribution in [0, 0.1) is 6.92 Å². The van der Waals surface area contributed by atoms with Gasteiger partial charge in [-0.05, 0) is 50.3 Å². The average molecular weight is 394 g/mol. The fraction of sp³-hybridized carbons (Fsp3) is 0.522. The van der Waals surface area contributed by atoms with Gasteiger partial charge in [0.15, 0.2) is 0 Å². The lowest BCUT2D eigenvalue weighted by Crippen LogP contribution is -2.47. The van der Waals surface area contributed by atoms with Gasteiger partial charge in [-0.2, -0.15) is 0 Å². The highest BCUT2D eigenvalue weighted by Crippen LogP contribution is 2.22. The molecule has 1 aromatic heterocycles. The quantitative estimate of drug-likeness (QED) is 0.796. The van der Waals surface area contributed by atoms with Crippen LogP contribution in [0.25, 0.3) is 0 Å². The highest BCUT2D eigenvalue weighted by molar-refractivity contribution is 5.94. The van der Waals surface area contributed by atoms with Crippen LogP contribution in [0.5, 0.6) is 0 Å². The molecule has 4 rings (SSSR count). The number of rotatable bonds is 4. The molecule has 0 N–H and O–H groups in total. The van der Waals surface area contributed by atoms with Crippen molar-refractivity contribution in [2.24, 2.45) is 0 Å². The first kappa shape index (κ1) is 19.7. The number of aryl methyl sites for hydroxylation is 1. The summed E-state index contributed by atoms with van der Waals surface area (Å²) in [5.41, 5.74) is 3.17. The minimum absolute atomic E-state index is 0.0763. The molecule has 6 heteroatoms. The number of hydrogen-bond donors (Lipinski definition) is 0. The summed E-state index contributed by atoms with van der Waals surface area (Å²) in [6.07, 6.45) is 7.83. The molecule has 2 aliphatic heterocycles. The first-order valence-electron chi connectivity index (χ1n) is 10.9. The maximum absolute atomic E-state index is 12.9. The van der Waals surface area contributed by atoms with E-state index < -0.39 is 0 Å². The lowest BCUT2D eigenvalue weighted by Gasteiger charge is -2.36. The van der Waals surface area contributed by atoms with Crippen molar-refractivity contribution in [1.29, 1.82) is 0 Å². The summed E-state index contributed by atoms with van der Waals surface area (Å²) in [4.78, 5) is 28.6. The highest BCUT2D eigenvalue weighted by Gasteiger charge is 2.27. The van der Waals surface area contributed by atoms with Gasteiger partial charge in [0.2, 0.25) is 5.95 Å². The molecule has 1 amide bonds. The van der Waals surface area contributed by atoms with E-state index in [1.165, 1.54) is 17.7 Å². The summed E-state index contributed by atoms with van der Waals surface area (Å²) < 4.78 is 0. The maximum atomic E-state index is 12.9. The summed E-state index contributed by atoms with van der Waals surface area (Å²) in [7, 11) is 0. The monoisotopic (exact) mass is 393 g/mol. The van der Waals surface area contributed by atoms with E-state index in [9.17, 15) is 4.79 Å². The van der Waals surface area contributed by atoms with E-state index in [-0.39, 0.29) is 5.91 Å². The van der Waals surface area contributed by atoms with E-state index in [0.717, 1.165) is 57.9 Å². The molecule has 1 unspecified atom stereocenters. The molecule has 1 atom stereocenters. The summed E-state index contributed by atoms with van der Waals surface area (Å²) >= 11 is 0. The second kappa shape index (κ2) is 8.80. The molecule has 0 bridgehead atoms. The van der Waals surface area contributed by atoms with Crippen LogP contribution < -0.4 is 9.80 Å². The molecular formula is C23H31N5O. The lowest BCUT2D eigenvalue weighted by molar-refractivity contribution is 0.0607. The van der Waals surface area contributed by atoms with Crippen molar-refractivity contribution in [3.05, 3.63) is 47.8 Å². The van der Waals surface area contributed by atoms with Crippen LogP contribution in [0.1, 0.15) is 48.5 Å². The number of piperazine rings is 1. The van der Waals surface area contributed by atoms with Crippen LogP contribution in [0.3, 0.4) is 0 Å². The van der Waals surface area contributed by atoms with E-state index >= 15 is 0 Å². The van der Waals surface area contributed by atoms with Gasteiger partial charge in [0.25, 0.3) is 5.91 Å². The molecule has 2 aliphatic rings. The second-order valence-electron chi connectivity index (χ2n) is 8.14. The molecule has 0 saturated carbocycles. The van der Waals surface area contributed by atoms with Crippen molar-refractivity contribution < 1.29 is 4.79 Å². The Labute approximate surface area is 173 Å². The summed E-state index contributed by atoms with van der Waals surface area (Å²) in [6.45, 7) is 8.78. The van der Waals surface area contributed by atoms with E-state index in [1.807, 2.05) is 4.90 Å². The predicted molar refractivity (Wildman–Crippen MR) is 117 cm³/mol. The molecular weight excluding hydrogens is 362 g/mol. The van der Waals surface area contributed by atoms with Gasteiger partial charge >= 0.3 is 0 Å². The third-order valence-electron chi connectivity index (χ3n) is 6.17. The van der Waals surface area contributed by atoms with Crippen molar-refractivity contribution in [2.75, 3.05) is 42.5 Å². The van der Waals surface area contributed by atoms with Crippen LogP contribution in [-0.2, 0) is 0 Å². The Morgan fingerprint density at radius 2 is 1.76 bits per heavy atom. The van der Waals surface area contributed by atoms with Crippen LogP contribution in [0.15, 0.2) is 36.7 Å². The van der Waals surface area contributed by atoms with E-state index in [1.54, 1.807) is 12.4 Å². The number of carbonyl (C=O) groups is 1. The van der Waals surface area contributed by atoms with Gasteiger partial charge in [-0.3, -0.25) is 4.79 Å². The Morgan fingerprint density at radius 1 is 1.03 bits per heavy atom. The largest absolute Gasteiger partial charge is 0.368 e. The Morgan fingerprint density at radius 3 is 2.45 bits per heavy atom. The first-order valence-corrected chi connectivity index (χ1v) is 10.9. The molecule has 2 aromatic rings. The number of carbonyl (C=O) groups excluding carboxylic acids is 1. The fourth-order valence-corrected chi connectivity index (χ4v) is 4.44. The zero-order valence-electron chi connectivity index (χ0n) is 17.5. The van der Waals surface area contributed by atoms with Crippen LogP contribution in [-0.4, -0.2) is 59.5 Å². The lowest BCUT2D eigenvalue weighted by atomic mass is 9.99. The maximum Gasteiger partial charge on any atom is 0.257 e. The minimum atomic E-state index is 0.0763. The minimum Gasteiger partial charge on any atom is -0.368 e. The molecule has 0 spiro atoms. The van der Waals surface area contributed by atoms with Crippen molar-refractivity contribution >= 4 is 17.5 Å². The van der Waals surface area contributed by atoms with Crippen molar-refractivity contribution in [3.63, 3.8) is 0 Å². The van der Waals surface area contributed by atoms with Crippen LogP contribution in [0.4, 0.5) is 11.6 Å². The Bertz CT molecular complexity index is 829. The van der Waals surface area contributed by atoms with E-state index in [2.05, 4.69) is 57.9 Å². The number of anilines is 2. The van der Waals surface area contributed by atoms with Gasteiger partial charge in [-0.1, -0.05) is 19.1 Å². The number of hydrogen-bond acceptors (Lipinski definition) is 5. The smallest absolute Gasteiger partial charge is 0.257 e. The normalized spacial score (nSPS) is 20.1. The van der Waals surface area contributed by atoms with Crippen molar-refractivity contribution in [2.45, 2.75) is 45.6 Å². The van der Waals surface area contributed by atoms with Gasteiger partial charge in [0.05, 0.1) is 5.56 Å². The molecule has 1 aromatic carbocycles. The Hall–Kier alpha value is -2.63. The van der Waals surface area contributed by atoms with Crippen LogP contribution in [0.2, 0.25) is 0 Å². The van der Waals surface area contributed by atoms with Gasteiger partial charge < -0.3 is 14.7 Å². The second-order valence-corrected chi connectivity index (χ2v) is 8.14. The topological polar surface area (TPSA) is 52.6 Å². The Kier molecular flexibility index (Phi) is 5.97. The molecule has 0 radical (unpaired) electrons. The number of aromatic nitrogens is 2. The number of benzene rings is 1. The van der Waals surface area contributed by atoms with Gasteiger partial charge in [-0.25, -0.2) is 9.97 Å². The number of amides is 1. The predicted octanol–water partition coefficient (Wildman–Crippen LogP) is 3.52. The third kappa shape index (κ3) is 4.36. The number of piperidine rings is 1. The fourth-order valence-electron chi connectivity index (χ4n) is 4.44. The van der Waals surface area contributed by atoms with Crippen LogP contribution >= 0.6 is 0 Å². The van der Waals surface area contributed by atoms with Crippen molar-refractivity contribution in [3.8, 4) is 0 Å². The standard InChI is InChI=1S/C23H31N5O/c1-3-20-8-4-5-10-28(20)22(29)19-16-24-23(25-17-19)27-13-11-26(12-14-27)21-9-6-7-18(2)15-21/h6-7,9,15-17,20H,3-5,8,10-14H2,1-2H3. The number of likely N-dealkylation sites (tertiary alicyclic amines) is 1. The summed E-state index contributed by atoms with van der Waals surface area (Å²) in [5.74, 6) is 0.795. The molecule has 154 valence electrons. The zero-order chi connectivity index (χ0) is 20.2. The van der Waals surface area contributed by atoms with Crippen molar-refractivity contribution in [1.82, 2.24) is 14.9 Å². The molecule has 2 saturated heterocycles.